The summed E-state index contributed by atoms with van der Waals surface area (Å²) in [5, 5.41) is 11.6. The van der Waals surface area contributed by atoms with E-state index in [-0.39, 0.29) is 11.8 Å². The number of rotatable bonds is 7. The molecule has 2 fully saturated rings. The molecule has 2 aliphatic carbocycles. The van der Waals surface area contributed by atoms with Crippen LogP contribution in [0.25, 0.3) is 0 Å². The molecular formula is C19H32N4O. The van der Waals surface area contributed by atoms with Crippen LogP contribution in [0, 0.1) is 5.92 Å². The van der Waals surface area contributed by atoms with Crippen LogP contribution in [0.2, 0.25) is 0 Å². The molecule has 134 valence electrons. The Morgan fingerprint density at radius 1 is 1.17 bits per heavy atom. The molecule has 0 aliphatic heterocycles. The largest absolute Gasteiger partial charge is 0.353 e. The van der Waals surface area contributed by atoms with Crippen LogP contribution in [0.15, 0.2) is 0 Å². The van der Waals surface area contributed by atoms with Gasteiger partial charge in [-0.25, -0.2) is 0 Å². The number of carbonyl (C=O) groups excluding carboxylic acids is 1. The Hall–Kier alpha value is -1.36. The zero-order chi connectivity index (χ0) is 17.1. The summed E-state index contributed by atoms with van der Waals surface area (Å²) in [6.07, 6.45) is 8.66. The fraction of sp³-hybridized carbons (Fsp3) is 0.789. The number of aromatic nitrogens is 2. The second-order valence-corrected chi connectivity index (χ2v) is 7.43. The molecule has 5 nitrogen and oxygen atoms in total. The highest BCUT2D eigenvalue weighted by Gasteiger charge is 2.31. The first kappa shape index (κ1) is 17.5. The number of aryl methyl sites for hydroxylation is 2. The molecule has 0 radical (unpaired) electrons. The predicted molar refractivity (Wildman–Crippen MR) is 95.7 cm³/mol. The lowest BCUT2D eigenvalue weighted by Gasteiger charge is -2.29. The smallest absolute Gasteiger partial charge is 0.223 e. The van der Waals surface area contributed by atoms with Crippen molar-refractivity contribution < 1.29 is 4.79 Å². The minimum absolute atomic E-state index is 0.196. The van der Waals surface area contributed by atoms with E-state index in [9.17, 15) is 4.79 Å². The first-order valence-corrected chi connectivity index (χ1v) is 9.69. The Morgan fingerprint density at radius 3 is 2.62 bits per heavy atom. The summed E-state index contributed by atoms with van der Waals surface area (Å²) in [5.41, 5.74) is 3.91. The highest BCUT2D eigenvalue weighted by atomic mass is 16.2. The molecule has 2 aliphatic rings. The number of nitrogens with one attached hydrogen (secondary N) is 2. The number of hydrogen-bond acceptors (Lipinski definition) is 3. The second-order valence-electron chi connectivity index (χ2n) is 7.43. The normalized spacial score (nSPS) is 24.1. The van der Waals surface area contributed by atoms with E-state index < -0.39 is 0 Å². The van der Waals surface area contributed by atoms with E-state index in [0.717, 1.165) is 38.6 Å². The summed E-state index contributed by atoms with van der Waals surface area (Å²) in [5.74, 6) is 0.482. The molecule has 24 heavy (non-hydrogen) atoms. The topological polar surface area (TPSA) is 59.0 Å². The van der Waals surface area contributed by atoms with Crippen LogP contribution in [0.1, 0.15) is 69.3 Å². The summed E-state index contributed by atoms with van der Waals surface area (Å²) in [6.45, 7) is 5.24. The van der Waals surface area contributed by atoms with Gasteiger partial charge in [0, 0.05) is 42.9 Å². The summed E-state index contributed by atoms with van der Waals surface area (Å²) in [6, 6.07) is 0.920. The fourth-order valence-electron chi connectivity index (χ4n) is 4.00. The lowest BCUT2D eigenvalue weighted by Crippen LogP contribution is -2.40. The molecule has 0 aromatic carbocycles. The molecule has 2 atom stereocenters. The zero-order valence-corrected chi connectivity index (χ0v) is 15.4. The van der Waals surface area contributed by atoms with Crippen molar-refractivity contribution in [3.05, 3.63) is 17.0 Å². The van der Waals surface area contributed by atoms with Crippen molar-refractivity contribution in [2.24, 2.45) is 13.0 Å². The number of carbonyl (C=O) groups is 1. The van der Waals surface area contributed by atoms with Crippen molar-refractivity contribution in [2.45, 2.75) is 83.8 Å². The van der Waals surface area contributed by atoms with Gasteiger partial charge in [0.05, 0.1) is 5.69 Å². The summed E-state index contributed by atoms with van der Waals surface area (Å²) in [7, 11) is 2.04. The Labute approximate surface area is 145 Å². The third-order valence-corrected chi connectivity index (χ3v) is 5.56. The van der Waals surface area contributed by atoms with E-state index in [1.54, 1.807) is 0 Å². The fourth-order valence-corrected chi connectivity index (χ4v) is 4.00. The lowest BCUT2D eigenvalue weighted by molar-refractivity contribution is -0.126. The minimum atomic E-state index is 0.196. The summed E-state index contributed by atoms with van der Waals surface area (Å²) in [4.78, 5) is 12.3. The maximum absolute atomic E-state index is 12.3. The highest BCUT2D eigenvalue weighted by Crippen LogP contribution is 2.27. The van der Waals surface area contributed by atoms with Crippen LogP contribution in [0.5, 0.6) is 0 Å². The highest BCUT2D eigenvalue weighted by molar-refractivity contribution is 5.79. The van der Waals surface area contributed by atoms with E-state index in [1.165, 1.54) is 36.2 Å². The second kappa shape index (κ2) is 7.68. The van der Waals surface area contributed by atoms with Gasteiger partial charge < -0.3 is 10.6 Å². The van der Waals surface area contributed by atoms with Crippen molar-refractivity contribution in [1.82, 2.24) is 20.4 Å². The van der Waals surface area contributed by atoms with Gasteiger partial charge in [0.1, 0.15) is 0 Å². The Morgan fingerprint density at radius 2 is 1.96 bits per heavy atom. The maximum atomic E-state index is 12.3. The number of hydrogen-bond donors (Lipinski definition) is 2. The minimum Gasteiger partial charge on any atom is -0.353 e. The Bertz CT molecular complexity index is 576. The first-order chi connectivity index (χ1) is 11.6. The van der Waals surface area contributed by atoms with Gasteiger partial charge in [0.25, 0.3) is 0 Å². The van der Waals surface area contributed by atoms with Gasteiger partial charge in [-0.3, -0.25) is 9.48 Å². The molecule has 0 spiro atoms. The number of amides is 1. The third-order valence-electron chi connectivity index (χ3n) is 5.56. The van der Waals surface area contributed by atoms with E-state index in [4.69, 9.17) is 0 Å². The van der Waals surface area contributed by atoms with Crippen LogP contribution >= 0.6 is 0 Å². The Kier molecular flexibility index (Phi) is 5.59. The van der Waals surface area contributed by atoms with Gasteiger partial charge in [0.15, 0.2) is 0 Å². The van der Waals surface area contributed by atoms with Crippen molar-refractivity contribution in [3.63, 3.8) is 0 Å². The molecule has 5 heteroatoms. The molecule has 0 bridgehead atoms. The monoisotopic (exact) mass is 332 g/mol. The molecule has 1 aromatic rings. The first-order valence-electron chi connectivity index (χ1n) is 9.69. The summed E-state index contributed by atoms with van der Waals surface area (Å²) >= 11 is 0. The van der Waals surface area contributed by atoms with Crippen LogP contribution in [-0.2, 0) is 31.2 Å². The van der Waals surface area contributed by atoms with E-state index in [2.05, 4.69) is 29.6 Å². The van der Waals surface area contributed by atoms with Crippen LogP contribution in [0.4, 0.5) is 0 Å². The number of nitrogens with zero attached hydrogens (tertiary/aromatic N) is 2. The van der Waals surface area contributed by atoms with E-state index in [0.29, 0.717) is 12.1 Å². The molecule has 0 unspecified atom stereocenters. The van der Waals surface area contributed by atoms with Crippen molar-refractivity contribution in [3.8, 4) is 0 Å². The molecule has 0 saturated heterocycles. The molecular weight excluding hydrogens is 300 g/mol. The maximum Gasteiger partial charge on any atom is 0.223 e. The van der Waals surface area contributed by atoms with Gasteiger partial charge in [-0.05, 0) is 44.9 Å². The standard InChI is InChI=1S/C19H32N4O/c1-4-17-16(18(5-2)23(3)22-17)12-20-15-8-6-7-13(11-15)19(24)21-14-9-10-14/h13-15,20H,4-12H2,1-3H3,(H,21,24)/t13-,15+/m0/s1. The average Bonchev–Trinajstić information content (AvgIpc) is 3.34. The van der Waals surface area contributed by atoms with Crippen molar-refractivity contribution in [2.75, 3.05) is 0 Å². The molecule has 1 heterocycles. The van der Waals surface area contributed by atoms with Crippen molar-refractivity contribution in [1.29, 1.82) is 0 Å². The molecule has 2 saturated carbocycles. The van der Waals surface area contributed by atoms with Crippen LogP contribution in [0.3, 0.4) is 0 Å². The lowest BCUT2D eigenvalue weighted by atomic mass is 9.85. The molecule has 2 N–H and O–H groups in total. The SMILES string of the molecule is CCc1nn(C)c(CC)c1CN[C@@H]1CCC[C@H](C(=O)NC2CC2)C1. The molecule has 1 amide bonds. The zero-order valence-electron chi connectivity index (χ0n) is 15.4. The van der Waals surface area contributed by atoms with Gasteiger partial charge in [-0.1, -0.05) is 20.3 Å². The van der Waals surface area contributed by atoms with E-state index >= 15 is 0 Å². The van der Waals surface area contributed by atoms with Gasteiger partial charge in [-0.2, -0.15) is 5.10 Å². The van der Waals surface area contributed by atoms with E-state index in [1.807, 2.05) is 11.7 Å². The Balaban J connectivity index is 1.57. The predicted octanol–water partition coefficient (Wildman–Crippen LogP) is 2.47. The molecule has 1 aromatic heterocycles. The average molecular weight is 332 g/mol. The quantitative estimate of drug-likeness (QED) is 0.806. The van der Waals surface area contributed by atoms with Gasteiger partial charge >= 0.3 is 0 Å². The van der Waals surface area contributed by atoms with Crippen LogP contribution < -0.4 is 10.6 Å². The van der Waals surface area contributed by atoms with Crippen LogP contribution in [-0.4, -0.2) is 27.8 Å². The third kappa shape index (κ3) is 4.00. The van der Waals surface area contributed by atoms with Crippen molar-refractivity contribution >= 4 is 5.91 Å². The summed E-state index contributed by atoms with van der Waals surface area (Å²) < 4.78 is 2.03. The van der Waals surface area contributed by atoms with Gasteiger partial charge in [0.2, 0.25) is 5.91 Å². The van der Waals surface area contributed by atoms with Gasteiger partial charge in [-0.15, -0.1) is 0 Å². The molecule has 3 rings (SSSR count).